The maximum atomic E-state index is 11.7. The first kappa shape index (κ1) is 29.5. The van der Waals surface area contributed by atoms with E-state index in [0.717, 1.165) is 76.2 Å². The number of hydrogen-bond donors (Lipinski definition) is 0. The summed E-state index contributed by atoms with van der Waals surface area (Å²) in [6.07, 6.45) is 6.87. The van der Waals surface area contributed by atoms with E-state index in [1.54, 1.807) is 18.5 Å². The predicted molar refractivity (Wildman–Crippen MR) is 161 cm³/mol. The average Bonchev–Trinajstić information content (AvgIpc) is 3.18. The lowest BCUT2D eigenvalue weighted by Crippen LogP contribution is -2.34. The number of halogens is 2. The lowest BCUT2D eigenvalue weighted by Gasteiger charge is -2.31. The molecule has 9 nitrogen and oxygen atoms in total. The van der Waals surface area contributed by atoms with Crippen molar-refractivity contribution in [2.45, 2.75) is 32.2 Å². The van der Waals surface area contributed by atoms with Gasteiger partial charge in [-0.3, -0.25) is 9.69 Å². The number of ether oxygens (including phenoxy) is 2. The van der Waals surface area contributed by atoms with E-state index in [1.807, 2.05) is 24.3 Å². The number of pyridine rings is 1. The molecule has 41 heavy (non-hydrogen) atoms. The van der Waals surface area contributed by atoms with Gasteiger partial charge in [0.1, 0.15) is 0 Å². The van der Waals surface area contributed by atoms with Crippen LogP contribution in [0.15, 0.2) is 42.7 Å². The number of piperidine rings is 1. The lowest BCUT2D eigenvalue weighted by atomic mass is 9.93. The van der Waals surface area contributed by atoms with Gasteiger partial charge >= 0.3 is 5.97 Å². The van der Waals surface area contributed by atoms with Crippen molar-refractivity contribution in [1.29, 1.82) is 0 Å². The molecule has 3 aromatic rings. The van der Waals surface area contributed by atoms with E-state index in [9.17, 15) is 4.79 Å². The fourth-order valence-electron chi connectivity index (χ4n) is 5.37. The summed E-state index contributed by atoms with van der Waals surface area (Å²) >= 11 is 12.6. The van der Waals surface area contributed by atoms with E-state index < -0.39 is 0 Å². The summed E-state index contributed by atoms with van der Waals surface area (Å²) in [5.41, 5.74) is 2.58. The average molecular weight is 600 g/mol. The van der Waals surface area contributed by atoms with Gasteiger partial charge in [-0.1, -0.05) is 23.2 Å². The molecule has 2 aliphatic heterocycles. The van der Waals surface area contributed by atoms with Crippen LogP contribution in [0.3, 0.4) is 0 Å². The van der Waals surface area contributed by atoms with E-state index in [2.05, 4.69) is 31.7 Å². The van der Waals surface area contributed by atoms with Crippen LogP contribution in [-0.4, -0.2) is 84.1 Å². The first-order valence-electron chi connectivity index (χ1n) is 14.0. The number of benzene rings is 1. The van der Waals surface area contributed by atoms with Gasteiger partial charge in [-0.05, 0) is 81.7 Å². The van der Waals surface area contributed by atoms with Gasteiger partial charge in [-0.15, -0.1) is 0 Å². The topological polar surface area (TPSA) is 83.9 Å². The Labute approximate surface area is 251 Å². The molecule has 0 spiro atoms. The Bertz CT molecular complexity index is 1310. The summed E-state index contributed by atoms with van der Waals surface area (Å²) in [6, 6.07) is 9.39. The van der Waals surface area contributed by atoms with E-state index in [0.29, 0.717) is 45.7 Å². The van der Waals surface area contributed by atoms with Crippen LogP contribution in [0.4, 0.5) is 5.95 Å². The molecule has 0 radical (unpaired) electrons. The van der Waals surface area contributed by atoms with Crippen LogP contribution >= 0.6 is 23.2 Å². The molecule has 2 aliphatic rings. The van der Waals surface area contributed by atoms with Crippen molar-refractivity contribution in [3.05, 3.63) is 58.3 Å². The van der Waals surface area contributed by atoms with Gasteiger partial charge in [0, 0.05) is 54.3 Å². The molecule has 1 aromatic carbocycles. The molecule has 218 valence electrons. The molecule has 11 heteroatoms. The summed E-state index contributed by atoms with van der Waals surface area (Å²) < 4.78 is 11.0. The van der Waals surface area contributed by atoms with E-state index in [4.69, 9.17) is 37.7 Å². The van der Waals surface area contributed by atoms with E-state index >= 15 is 0 Å². The normalized spacial score (nSPS) is 17.3. The number of methoxy groups -OCH3 is 1. The fraction of sp³-hybridized carbons (Fsp3) is 0.467. The third kappa shape index (κ3) is 8.29. The van der Waals surface area contributed by atoms with Crippen molar-refractivity contribution >= 4 is 35.1 Å². The first-order chi connectivity index (χ1) is 19.8. The molecule has 0 bridgehead atoms. The number of esters is 1. The summed E-state index contributed by atoms with van der Waals surface area (Å²) in [5, 5.41) is 1.08. The standard InChI is InChI=1S/C30H36Cl2N6O3/c1-36-6-3-7-38(11-10-36)30-33-18-26(19-34-30)41-28-13-22(12-27(35-28)23-15-24(31)17-25(32)16-23)20-37-8-4-21(5-9-37)14-29(39)40-2/h12-13,15-19,21H,3-11,14,20H2,1-2H3. The molecular formula is C30H36Cl2N6O3. The highest BCUT2D eigenvalue weighted by molar-refractivity contribution is 6.35. The third-order valence-corrected chi connectivity index (χ3v) is 8.09. The summed E-state index contributed by atoms with van der Waals surface area (Å²) in [7, 11) is 3.58. The molecule has 0 amide bonds. The van der Waals surface area contributed by atoms with Crippen molar-refractivity contribution in [3.8, 4) is 22.9 Å². The van der Waals surface area contributed by atoms with Gasteiger partial charge in [-0.2, -0.15) is 0 Å². The van der Waals surface area contributed by atoms with Gasteiger partial charge in [0.05, 0.1) is 25.2 Å². The number of anilines is 1. The molecule has 5 rings (SSSR count). The van der Waals surface area contributed by atoms with Crippen molar-refractivity contribution in [3.63, 3.8) is 0 Å². The number of rotatable bonds is 8. The van der Waals surface area contributed by atoms with Crippen LogP contribution in [0.2, 0.25) is 10.0 Å². The van der Waals surface area contributed by atoms with Crippen molar-refractivity contribution in [2.24, 2.45) is 5.92 Å². The minimum atomic E-state index is -0.139. The predicted octanol–water partition coefficient (Wildman–Crippen LogP) is 5.55. The number of carbonyl (C=O) groups is 1. The molecule has 2 fully saturated rings. The second-order valence-corrected chi connectivity index (χ2v) is 11.7. The molecule has 2 saturated heterocycles. The van der Waals surface area contributed by atoms with Gasteiger partial charge < -0.3 is 19.3 Å². The zero-order valence-electron chi connectivity index (χ0n) is 23.6. The smallest absolute Gasteiger partial charge is 0.305 e. The zero-order chi connectivity index (χ0) is 28.8. The van der Waals surface area contributed by atoms with Crippen LogP contribution in [0.25, 0.3) is 11.3 Å². The molecule has 0 saturated carbocycles. The molecule has 2 aromatic heterocycles. The minimum Gasteiger partial charge on any atom is -0.469 e. The Morgan fingerprint density at radius 3 is 2.39 bits per heavy atom. The highest BCUT2D eigenvalue weighted by atomic mass is 35.5. The first-order valence-corrected chi connectivity index (χ1v) is 14.8. The lowest BCUT2D eigenvalue weighted by molar-refractivity contribution is -0.142. The van der Waals surface area contributed by atoms with Crippen molar-refractivity contribution in [2.75, 3.05) is 58.3 Å². The van der Waals surface area contributed by atoms with Crippen molar-refractivity contribution in [1.82, 2.24) is 24.8 Å². The molecule has 0 unspecified atom stereocenters. The maximum absolute atomic E-state index is 11.7. The highest BCUT2D eigenvalue weighted by Gasteiger charge is 2.22. The largest absolute Gasteiger partial charge is 0.469 e. The number of nitrogens with zero attached hydrogens (tertiary/aromatic N) is 6. The Morgan fingerprint density at radius 2 is 1.68 bits per heavy atom. The number of carbonyl (C=O) groups excluding carboxylic acids is 1. The highest BCUT2D eigenvalue weighted by Crippen LogP contribution is 2.31. The molecule has 0 N–H and O–H groups in total. The van der Waals surface area contributed by atoms with Gasteiger partial charge in [0.2, 0.25) is 11.8 Å². The zero-order valence-corrected chi connectivity index (χ0v) is 25.1. The maximum Gasteiger partial charge on any atom is 0.305 e. The number of likely N-dealkylation sites (N-methyl/N-ethyl adjacent to an activating group) is 1. The van der Waals surface area contributed by atoms with Crippen LogP contribution < -0.4 is 9.64 Å². The molecular weight excluding hydrogens is 563 g/mol. The number of aromatic nitrogens is 3. The third-order valence-electron chi connectivity index (χ3n) is 7.66. The summed E-state index contributed by atoms with van der Waals surface area (Å²) in [6.45, 7) is 6.42. The van der Waals surface area contributed by atoms with Gasteiger partial charge in [0.25, 0.3) is 0 Å². The van der Waals surface area contributed by atoms with Crippen LogP contribution in [0.1, 0.15) is 31.2 Å². The Kier molecular flexibility index (Phi) is 9.92. The second-order valence-electron chi connectivity index (χ2n) is 10.8. The van der Waals surface area contributed by atoms with Crippen LogP contribution in [0.5, 0.6) is 11.6 Å². The Morgan fingerprint density at radius 1 is 0.951 bits per heavy atom. The number of hydrogen-bond acceptors (Lipinski definition) is 9. The van der Waals surface area contributed by atoms with Crippen LogP contribution in [-0.2, 0) is 16.1 Å². The molecule has 0 atom stereocenters. The summed E-state index contributed by atoms with van der Waals surface area (Å²) in [5.74, 6) is 1.89. The fourth-order valence-corrected chi connectivity index (χ4v) is 5.90. The van der Waals surface area contributed by atoms with Crippen molar-refractivity contribution < 1.29 is 14.3 Å². The molecule has 0 aliphatic carbocycles. The SMILES string of the molecule is COC(=O)CC1CCN(Cc2cc(Oc3cnc(N4CCCN(C)CC4)nc3)nc(-c3cc(Cl)cc(Cl)c3)c2)CC1. The molecule has 4 heterocycles. The minimum absolute atomic E-state index is 0.139. The quantitative estimate of drug-likeness (QED) is 0.309. The Balaban J connectivity index is 1.33. The summed E-state index contributed by atoms with van der Waals surface area (Å²) in [4.78, 5) is 32.6. The monoisotopic (exact) mass is 598 g/mol. The number of likely N-dealkylation sites (tertiary alicyclic amines) is 1. The second kappa shape index (κ2) is 13.8. The van der Waals surface area contributed by atoms with E-state index in [-0.39, 0.29) is 5.97 Å². The van der Waals surface area contributed by atoms with Gasteiger partial charge in [0.15, 0.2) is 5.75 Å². The van der Waals surface area contributed by atoms with Gasteiger partial charge in [-0.25, -0.2) is 15.0 Å². The van der Waals surface area contributed by atoms with Crippen LogP contribution in [0, 0.1) is 5.92 Å². The van der Waals surface area contributed by atoms with E-state index in [1.165, 1.54) is 7.11 Å². The Hall–Kier alpha value is -2.98.